The highest BCUT2D eigenvalue weighted by atomic mass is 32.3. The summed E-state index contributed by atoms with van der Waals surface area (Å²) in [6, 6.07) is 0. The lowest BCUT2D eigenvalue weighted by Gasteiger charge is -2.07. The summed E-state index contributed by atoms with van der Waals surface area (Å²) in [5.74, 6) is 0. The molecule has 0 saturated carbocycles. The average molecular weight is 171 g/mol. The summed E-state index contributed by atoms with van der Waals surface area (Å²) >= 11 is 0. The lowest BCUT2D eigenvalue weighted by molar-refractivity contribution is -0.193. The summed E-state index contributed by atoms with van der Waals surface area (Å²) in [6.07, 6.45) is 0. The predicted molar refractivity (Wildman–Crippen MR) is 31.8 cm³/mol. The van der Waals surface area contributed by atoms with Crippen LogP contribution in [0.2, 0.25) is 0 Å². The minimum atomic E-state index is -4.03. The van der Waals surface area contributed by atoms with Gasteiger partial charge in [0.25, 0.3) is 0 Å². The second kappa shape index (κ2) is 3.84. The minimum Gasteiger partial charge on any atom is -0.221 e. The Kier molecular flexibility index (Phi) is 3.76. The fourth-order valence-corrected chi connectivity index (χ4v) is 0.835. The highest BCUT2D eigenvalue weighted by Gasteiger charge is 2.13. The summed E-state index contributed by atoms with van der Waals surface area (Å²) in [6.45, 7) is 0. The molecule has 10 heavy (non-hydrogen) atoms. The van der Waals surface area contributed by atoms with Gasteiger partial charge in [-0.25, -0.2) is 4.89 Å². The topological polar surface area (TPSA) is 65.1 Å². The Hall–Kier alpha value is -0.210. The van der Waals surface area contributed by atoms with Crippen LogP contribution < -0.4 is 0 Å². The number of hydrogen-bond acceptors (Lipinski definition) is 6. The zero-order valence-corrected chi connectivity index (χ0v) is 6.71. The molecule has 0 aromatic rings. The largest absolute Gasteiger partial charge is 0.443 e. The van der Waals surface area contributed by atoms with Crippen LogP contribution in [0.4, 0.5) is 0 Å². The third kappa shape index (κ3) is 4.65. The maximum atomic E-state index is 10.4. The SMILES string of the molecule is COOS(=O)(=O)ON(C)C. The first kappa shape index (κ1) is 9.79. The molecular weight excluding hydrogens is 162 g/mol. The summed E-state index contributed by atoms with van der Waals surface area (Å²) in [5, 5.41) is 0.967. The van der Waals surface area contributed by atoms with Crippen LogP contribution in [0.1, 0.15) is 0 Å². The molecule has 0 N–H and O–H groups in total. The van der Waals surface area contributed by atoms with E-state index in [0.717, 1.165) is 12.2 Å². The van der Waals surface area contributed by atoms with Crippen LogP contribution in [0.25, 0.3) is 0 Å². The molecule has 0 aliphatic heterocycles. The van der Waals surface area contributed by atoms with Crippen LogP contribution >= 0.6 is 0 Å². The molecule has 0 aromatic carbocycles. The normalized spacial score (nSPS) is 12.4. The van der Waals surface area contributed by atoms with Gasteiger partial charge in [0.15, 0.2) is 0 Å². The van der Waals surface area contributed by atoms with Crippen LogP contribution in [0.3, 0.4) is 0 Å². The quantitative estimate of drug-likeness (QED) is 0.411. The smallest absolute Gasteiger partial charge is 0.221 e. The van der Waals surface area contributed by atoms with E-state index in [9.17, 15) is 8.42 Å². The van der Waals surface area contributed by atoms with Gasteiger partial charge in [-0.15, -0.1) is 0 Å². The molecule has 0 aliphatic carbocycles. The highest BCUT2D eigenvalue weighted by Crippen LogP contribution is 1.95. The lowest BCUT2D eigenvalue weighted by atomic mass is 11.2. The van der Waals surface area contributed by atoms with Gasteiger partial charge in [0.05, 0.1) is 7.11 Å². The minimum absolute atomic E-state index is 0.967. The van der Waals surface area contributed by atoms with Crippen LogP contribution in [-0.2, 0) is 23.9 Å². The van der Waals surface area contributed by atoms with Gasteiger partial charge in [0.1, 0.15) is 0 Å². The molecule has 0 aromatic heterocycles. The summed E-state index contributed by atoms with van der Waals surface area (Å²) in [4.78, 5) is 3.87. The van der Waals surface area contributed by atoms with E-state index in [1.807, 2.05) is 0 Å². The van der Waals surface area contributed by atoms with Gasteiger partial charge in [0.2, 0.25) is 0 Å². The van der Waals surface area contributed by atoms with Crippen molar-refractivity contribution in [3.05, 3.63) is 0 Å². The zero-order valence-electron chi connectivity index (χ0n) is 5.90. The van der Waals surface area contributed by atoms with Gasteiger partial charge in [-0.1, -0.05) is 4.33 Å². The van der Waals surface area contributed by atoms with Gasteiger partial charge < -0.3 is 0 Å². The predicted octanol–water partition coefficient (Wildman–Crippen LogP) is -0.698. The Labute approximate surface area is 59.5 Å². The van der Waals surface area contributed by atoms with Crippen LogP contribution in [0.5, 0.6) is 0 Å². The number of hydrogen-bond donors (Lipinski definition) is 0. The molecule has 0 unspecified atom stereocenters. The van der Waals surface area contributed by atoms with E-state index >= 15 is 0 Å². The van der Waals surface area contributed by atoms with Crippen molar-refractivity contribution >= 4 is 10.4 Å². The van der Waals surface area contributed by atoms with Crippen LogP contribution in [0.15, 0.2) is 0 Å². The molecule has 0 aliphatic rings. The lowest BCUT2D eigenvalue weighted by Crippen LogP contribution is -2.20. The standard InChI is InChI=1S/C3H9NO5S/c1-4(2)8-10(5,6)9-7-3/h1-3H3. The molecule has 62 valence electrons. The van der Waals surface area contributed by atoms with E-state index in [0.29, 0.717) is 0 Å². The fourth-order valence-electron chi connectivity index (χ4n) is 0.278. The maximum absolute atomic E-state index is 10.4. The Morgan fingerprint density at radius 2 is 1.80 bits per heavy atom. The van der Waals surface area contributed by atoms with Crippen molar-refractivity contribution in [1.29, 1.82) is 0 Å². The van der Waals surface area contributed by atoms with Crippen molar-refractivity contribution in [2.24, 2.45) is 0 Å². The van der Waals surface area contributed by atoms with Gasteiger partial charge in [-0.3, -0.25) is 0 Å². The fraction of sp³-hybridized carbons (Fsp3) is 1.00. The first-order chi connectivity index (χ1) is 4.48. The third-order valence-electron chi connectivity index (χ3n) is 0.392. The summed E-state index contributed by atoms with van der Waals surface area (Å²) in [7, 11) is -0.162. The second-order valence-electron chi connectivity index (χ2n) is 1.53. The molecular formula is C3H9NO5S. The van der Waals surface area contributed by atoms with Crippen molar-refractivity contribution in [3.8, 4) is 0 Å². The molecule has 0 saturated heterocycles. The van der Waals surface area contributed by atoms with Gasteiger partial charge in [0, 0.05) is 14.1 Å². The zero-order chi connectivity index (χ0) is 8.20. The van der Waals surface area contributed by atoms with Crippen molar-refractivity contribution < 1.29 is 21.9 Å². The van der Waals surface area contributed by atoms with Gasteiger partial charge >= 0.3 is 10.4 Å². The summed E-state index contributed by atoms with van der Waals surface area (Å²) < 4.78 is 28.7. The third-order valence-corrected chi connectivity index (χ3v) is 1.18. The molecule has 0 radical (unpaired) electrons. The van der Waals surface area contributed by atoms with E-state index < -0.39 is 10.4 Å². The van der Waals surface area contributed by atoms with Crippen LogP contribution in [0, 0.1) is 0 Å². The molecule has 7 heteroatoms. The molecule has 0 rings (SSSR count). The number of hydroxylamine groups is 2. The first-order valence-electron chi connectivity index (χ1n) is 2.32. The second-order valence-corrected chi connectivity index (χ2v) is 2.63. The Morgan fingerprint density at radius 1 is 1.30 bits per heavy atom. The van der Waals surface area contributed by atoms with E-state index in [1.54, 1.807) is 0 Å². The Bertz CT molecular complexity index is 173. The Balaban J connectivity index is 3.89. The molecule has 0 fully saturated rings. The highest BCUT2D eigenvalue weighted by molar-refractivity contribution is 7.81. The van der Waals surface area contributed by atoms with E-state index in [2.05, 4.69) is 13.5 Å². The van der Waals surface area contributed by atoms with Crippen molar-refractivity contribution in [3.63, 3.8) is 0 Å². The molecule has 0 spiro atoms. The van der Waals surface area contributed by atoms with E-state index in [4.69, 9.17) is 0 Å². The molecule has 6 nitrogen and oxygen atoms in total. The number of rotatable bonds is 4. The first-order valence-corrected chi connectivity index (χ1v) is 3.65. The monoisotopic (exact) mass is 171 g/mol. The Morgan fingerprint density at radius 3 is 2.10 bits per heavy atom. The van der Waals surface area contributed by atoms with Crippen molar-refractivity contribution in [2.75, 3.05) is 21.2 Å². The van der Waals surface area contributed by atoms with Crippen LogP contribution in [-0.4, -0.2) is 34.7 Å². The molecule has 0 amide bonds. The number of nitrogens with zero attached hydrogens (tertiary/aromatic N) is 1. The van der Waals surface area contributed by atoms with E-state index in [-0.39, 0.29) is 0 Å². The average Bonchev–Trinajstić information content (AvgIpc) is 1.59. The molecule has 0 bridgehead atoms. The van der Waals surface area contributed by atoms with Crippen molar-refractivity contribution in [1.82, 2.24) is 5.06 Å². The molecule has 0 atom stereocenters. The maximum Gasteiger partial charge on any atom is 0.443 e. The summed E-state index contributed by atoms with van der Waals surface area (Å²) in [5.41, 5.74) is 0. The van der Waals surface area contributed by atoms with Gasteiger partial charge in [-0.2, -0.15) is 17.8 Å². The van der Waals surface area contributed by atoms with E-state index in [1.165, 1.54) is 14.1 Å². The van der Waals surface area contributed by atoms with Crippen molar-refractivity contribution in [2.45, 2.75) is 0 Å². The molecule has 0 heterocycles. The van der Waals surface area contributed by atoms with Gasteiger partial charge in [-0.05, 0) is 0 Å².